The van der Waals surface area contributed by atoms with Gasteiger partial charge in [-0.05, 0) is 43.9 Å². The van der Waals surface area contributed by atoms with Gasteiger partial charge in [0.2, 0.25) is 17.7 Å². The highest BCUT2D eigenvalue weighted by Crippen LogP contribution is 2.59. The van der Waals surface area contributed by atoms with Crippen LogP contribution in [0.5, 0.6) is 17.4 Å². The summed E-state index contributed by atoms with van der Waals surface area (Å²) < 4.78 is 12.0. The highest BCUT2D eigenvalue weighted by Gasteiger charge is 2.53. The van der Waals surface area contributed by atoms with Gasteiger partial charge in [-0.15, -0.1) is 0 Å². The molecule has 5 rings (SSSR count). The zero-order valence-corrected chi connectivity index (χ0v) is 16.0. The molecule has 2 aromatic rings. The standard InChI is InChI=1S/C22H22N2O4/c1-3-14-10-18(25)24(21(14)26)15-5-7-17(23-11-15)28-16-6-4-13(2)20-19(16)22(8-9-22)12-27-20/h4-7,11,14H,3,8-10,12H2,1-2H3/t14-/m0/s1. The predicted octanol–water partition coefficient (Wildman–Crippen LogP) is 3.90. The third kappa shape index (κ3) is 2.51. The number of hydrogen-bond acceptors (Lipinski definition) is 5. The maximum absolute atomic E-state index is 12.4. The zero-order chi connectivity index (χ0) is 19.5. The Morgan fingerprint density at radius 2 is 2.07 bits per heavy atom. The van der Waals surface area contributed by atoms with Gasteiger partial charge in [0.1, 0.15) is 11.5 Å². The van der Waals surface area contributed by atoms with Gasteiger partial charge < -0.3 is 9.47 Å². The molecule has 2 amide bonds. The molecule has 28 heavy (non-hydrogen) atoms. The summed E-state index contributed by atoms with van der Waals surface area (Å²) in [5.74, 6) is 1.60. The number of hydrogen-bond donors (Lipinski definition) is 0. The lowest BCUT2D eigenvalue weighted by atomic mass is 9.95. The van der Waals surface area contributed by atoms with Crippen molar-refractivity contribution in [3.63, 3.8) is 0 Å². The number of ether oxygens (including phenoxy) is 2. The lowest BCUT2D eigenvalue weighted by Gasteiger charge is -2.16. The fourth-order valence-corrected chi connectivity index (χ4v) is 4.23. The Labute approximate surface area is 163 Å². The van der Waals surface area contributed by atoms with Gasteiger partial charge in [0, 0.05) is 29.4 Å². The summed E-state index contributed by atoms with van der Waals surface area (Å²) in [6, 6.07) is 7.39. The van der Waals surface area contributed by atoms with Gasteiger partial charge in [-0.25, -0.2) is 9.88 Å². The summed E-state index contributed by atoms with van der Waals surface area (Å²) in [6.45, 7) is 4.68. The molecule has 144 valence electrons. The summed E-state index contributed by atoms with van der Waals surface area (Å²) >= 11 is 0. The number of pyridine rings is 1. The van der Waals surface area contributed by atoms with Gasteiger partial charge >= 0.3 is 0 Å². The number of imide groups is 1. The van der Waals surface area contributed by atoms with Crippen molar-refractivity contribution in [2.75, 3.05) is 11.5 Å². The van der Waals surface area contributed by atoms with Gasteiger partial charge in [0.05, 0.1) is 18.5 Å². The Morgan fingerprint density at radius 3 is 2.71 bits per heavy atom. The first kappa shape index (κ1) is 17.2. The van der Waals surface area contributed by atoms with E-state index in [1.165, 1.54) is 11.1 Å². The zero-order valence-electron chi connectivity index (χ0n) is 16.0. The predicted molar refractivity (Wildman–Crippen MR) is 103 cm³/mol. The van der Waals surface area contributed by atoms with Gasteiger partial charge in [-0.1, -0.05) is 13.0 Å². The van der Waals surface area contributed by atoms with Gasteiger partial charge in [-0.3, -0.25) is 9.59 Å². The number of nitrogens with zero attached hydrogens (tertiary/aromatic N) is 2. The fourth-order valence-electron chi connectivity index (χ4n) is 4.23. The van der Waals surface area contributed by atoms with Gasteiger partial charge in [0.25, 0.3) is 0 Å². The van der Waals surface area contributed by atoms with Crippen molar-refractivity contribution in [3.05, 3.63) is 41.6 Å². The van der Waals surface area contributed by atoms with Crippen LogP contribution in [0.25, 0.3) is 0 Å². The highest BCUT2D eigenvalue weighted by molar-refractivity contribution is 6.20. The van der Waals surface area contributed by atoms with E-state index in [-0.39, 0.29) is 29.6 Å². The van der Waals surface area contributed by atoms with Gasteiger partial charge in [-0.2, -0.15) is 0 Å². The molecule has 0 radical (unpaired) electrons. The van der Waals surface area contributed by atoms with E-state index in [4.69, 9.17) is 9.47 Å². The normalized spacial score (nSPS) is 21.8. The summed E-state index contributed by atoms with van der Waals surface area (Å²) in [6.07, 6.45) is 4.69. The molecule has 1 atom stereocenters. The number of benzene rings is 1. The molecule has 0 unspecified atom stereocenters. The molecule has 1 aromatic heterocycles. The molecule has 0 bridgehead atoms. The highest BCUT2D eigenvalue weighted by atomic mass is 16.5. The monoisotopic (exact) mass is 378 g/mol. The second-order valence-electron chi connectivity index (χ2n) is 7.99. The SMILES string of the molecule is CC[C@H]1CC(=O)N(c2ccc(Oc3ccc(C)c4c3C3(CC3)CO4)nc2)C1=O. The topological polar surface area (TPSA) is 68.7 Å². The summed E-state index contributed by atoms with van der Waals surface area (Å²) in [5.41, 5.74) is 2.86. The lowest BCUT2D eigenvalue weighted by molar-refractivity contribution is -0.122. The van der Waals surface area contributed by atoms with E-state index in [9.17, 15) is 9.59 Å². The molecular weight excluding hydrogens is 356 g/mol. The van der Waals surface area contributed by atoms with Crippen LogP contribution >= 0.6 is 0 Å². The quantitative estimate of drug-likeness (QED) is 0.755. The van der Waals surface area contributed by atoms with Crippen molar-refractivity contribution in [3.8, 4) is 17.4 Å². The summed E-state index contributed by atoms with van der Waals surface area (Å²) in [4.78, 5) is 30.2. The molecule has 6 heteroatoms. The third-order valence-electron chi connectivity index (χ3n) is 6.12. The Balaban J connectivity index is 1.41. The molecule has 6 nitrogen and oxygen atoms in total. The Kier molecular flexibility index (Phi) is 3.73. The Morgan fingerprint density at radius 1 is 1.25 bits per heavy atom. The first-order valence-corrected chi connectivity index (χ1v) is 9.80. The minimum atomic E-state index is -0.228. The van der Waals surface area contributed by atoms with Crippen molar-refractivity contribution in [2.45, 2.75) is 44.9 Å². The Hall–Kier alpha value is -2.89. The maximum Gasteiger partial charge on any atom is 0.237 e. The largest absolute Gasteiger partial charge is 0.492 e. The Bertz CT molecular complexity index is 979. The number of carbonyl (C=O) groups excluding carboxylic acids is 2. The molecule has 1 spiro atoms. The number of anilines is 1. The molecule has 3 aliphatic rings. The average Bonchev–Trinajstić information content (AvgIpc) is 3.28. The van der Waals surface area contributed by atoms with Crippen molar-refractivity contribution < 1.29 is 19.1 Å². The number of amides is 2. The molecule has 2 fully saturated rings. The van der Waals surface area contributed by atoms with Crippen LogP contribution in [0.15, 0.2) is 30.5 Å². The second-order valence-corrected chi connectivity index (χ2v) is 7.99. The number of aryl methyl sites for hydroxylation is 1. The van der Waals surface area contributed by atoms with E-state index in [1.54, 1.807) is 12.1 Å². The smallest absolute Gasteiger partial charge is 0.237 e. The minimum absolute atomic E-state index is 0.0974. The van der Waals surface area contributed by atoms with E-state index in [0.717, 1.165) is 35.5 Å². The number of fused-ring (bicyclic) bond motifs is 2. The van der Waals surface area contributed by atoms with Crippen LogP contribution in [-0.2, 0) is 15.0 Å². The molecule has 1 aliphatic carbocycles. The maximum atomic E-state index is 12.4. The van der Waals surface area contributed by atoms with Crippen LogP contribution < -0.4 is 14.4 Å². The number of rotatable bonds is 4. The van der Waals surface area contributed by atoms with Crippen molar-refractivity contribution in [2.24, 2.45) is 5.92 Å². The number of carbonyl (C=O) groups is 2. The molecule has 1 aromatic carbocycles. The van der Waals surface area contributed by atoms with Crippen LogP contribution in [0.4, 0.5) is 5.69 Å². The molecule has 0 N–H and O–H groups in total. The summed E-state index contributed by atoms with van der Waals surface area (Å²) in [7, 11) is 0. The fraction of sp³-hybridized carbons (Fsp3) is 0.409. The molecule has 2 aliphatic heterocycles. The third-order valence-corrected chi connectivity index (χ3v) is 6.12. The second kappa shape index (κ2) is 6.06. The van der Waals surface area contributed by atoms with Crippen LogP contribution in [-0.4, -0.2) is 23.4 Å². The first-order valence-electron chi connectivity index (χ1n) is 9.80. The molecule has 1 saturated carbocycles. The van der Waals surface area contributed by atoms with Crippen LogP contribution in [0, 0.1) is 12.8 Å². The van der Waals surface area contributed by atoms with Crippen LogP contribution in [0.1, 0.15) is 43.7 Å². The average molecular weight is 378 g/mol. The van der Waals surface area contributed by atoms with Crippen LogP contribution in [0.2, 0.25) is 0 Å². The van der Waals surface area contributed by atoms with Gasteiger partial charge in [0.15, 0.2) is 0 Å². The first-order chi connectivity index (χ1) is 13.5. The molecule has 3 heterocycles. The van der Waals surface area contributed by atoms with E-state index in [1.807, 2.05) is 26.0 Å². The van der Waals surface area contributed by atoms with E-state index in [0.29, 0.717) is 24.6 Å². The minimum Gasteiger partial charge on any atom is -0.492 e. The van der Waals surface area contributed by atoms with Crippen molar-refractivity contribution in [1.29, 1.82) is 0 Å². The van der Waals surface area contributed by atoms with E-state index in [2.05, 4.69) is 4.98 Å². The lowest BCUT2D eigenvalue weighted by Crippen LogP contribution is -2.30. The van der Waals surface area contributed by atoms with Crippen molar-refractivity contribution in [1.82, 2.24) is 4.98 Å². The molecule has 1 saturated heterocycles. The molecular formula is C22H22N2O4. The van der Waals surface area contributed by atoms with Crippen LogP contribution in [0.3, 0.4) is 0 Å². The van der Waals surface area contributed by atoms with E-state index < -0.39 is 0 Å². The van der Waals surface area contributed by atoms with Crippen molar-refractivity contribution >= 4 is 17.5 Å². The number of aromatic nitrogens is 1. The summed E-state index contributed by atoms with van der Waals surface area (Å²) in [5, 5.41) is 0. The van der Waals surface area contributed by atoms with E-state index >= 15 is 0 Å².